The lowest BCUT2D eigenvalue weighted by atomic mass is 9.94. The first-order chi connectivity index (χ1) is 14.4. The minimum atomic E-state index is -4.56. The van der Waals surface area contributed by atoms with Crippen molar-refractivity contribution in [2.45, 2.75) is 18.5 Å². The van der Waals surface area contributed by atoms with Gasteiger partial charge in [-0.05, 0) is 42.5 Å². The van der Waals surface area contributed by atoms with Gasteiger partial charge in [-0.15, -0.1) is 0 Å². The van der Waals surface area contributed by atoms with Crippen molar-refractivity contribution in [3.63, 3.8) is 0 Å². The Hall–Kier alpha value is -3.47. The van der Waals surface area contributed by atoms with Gasteiger partial charge in [-0.3, -0.25) is 4.79 Å². The van der Waals surface area contributed by atoms with Gasteiger partial charge < -0.3 is 20.7 Å². The maximum absolute atomic E-state index is 13.0. The highest BCUT2D eigenvalue weighted by Gasteiger charge is 2.39. The minimum absolute atomic E-state index is 0.00825. The average molecular weight is 441 g/mol. The van der Waals surface area contributed by atoms with Crippen LogP contribution in [0.3, 0.4) is 0 Å². The second-order valence-electron chi connectivity index (χ2n) is 6.84. The normalized spacial score (nSPS) is 17.1. The molecule has 1 aliphatic rings. The topological polar surface area (TPSA) is 77.2 Å². The molecule has 11 heteroatoms. The summed E-state index contributed by atoms with van der Waals surface area (Å²) in [4.78, 5) is 14.9. The maximum Gasteiger partial charge on any atom is 0.416 e. The van der Waals surface area contributed by atoms with Crippen molar-refractivity contribution in [2.24, 2.45) is 0 Å². The molecule has 0 fully saturated rings. The number of fused-ring (bicyclic) bond motifs is 1. The third-order valence-corrected chi connectivity index (χ3v) is 4.80. The number of halogens is 6. The Labute approximate surface area is 170 Å². The number of aliphatic hydroxyl groups excluding tert-OH is 1. The van der Waals surface area contributed by atoms with Crippen LogP contribution < -0.4 is 10.6 Å². The summed E-state index contributed by atoms with van der Waals surface area (Å²) in [7, 11) is 0. The Morgan fingerprint density at radius 3 is 2.10 bits per heavy atom. The van der Waals surface area contributed by atoms with E-state index in [1.807, 2.05) is 0 Å². The molecular weight excluding hydrogens is 428 g/mol. The molecule has 3 aromatic rings. The fourth-order valence-electron chi connectivity index (χ4n) is 3.15. The van der Waals surface area contributed by atoms with Crippen LogP contribution in [0.25, 0.3) is 10.9 Å². The second kappa shape index (κ2) is 7.05. The van der Waals surface area contributed by atoms with Gasteiger partial charge >= 0.3 is 12.4 Å². The lowest BCUT2D eigenvalue weighted by Crippen LogP contribution is -2.42. The van der Waals surface area contributed by atoms with E-state index in [0.29, 0.717) is 5.52 Å². The van der Waals surface area contributed by atoms with Crippen LogP contribution in [0.2, 0.25) is 0 Å². The van der Waals surface area contributed by atoms with E-state index in [4.69, 9.17) is 0 Å². The van der Waals surface area contributed by atoms with Gasteiger partial charge in [0.05, 0.1) is 22.5 Å². The zero-order chi connectivity index (χ0) is 22.6. The van der Waals surface area contributed by atoms with Crippen LogP contribution in [0.4, 0.5) is 37.7 Å². The second-order valence-corrected chi connectivity index (χ2v) is 6.84. The van der Waals surface area contributed by atoms with Gasteiger partial charge in [0.1, 0.15) is 5.70 Å². The first-order valence-electron chi connectivity index (χ1n) is 8.81. The first-order valence-corrected chi connectivity index (χ1v) is 8.81. The number of rotatable bonds is 4. The lowest BCUT2D eigenvalue weighted by molar-refractivity contribution is -0.138. The van der Waals surface area contributed by atoms with Crippen LogP contribution in [0.1, 0.15) is 11.1 Å². The molecule has 1 unspecified atom stereocenters. The maximum atomic E-state index is 13.0. The van der Waals surface area contributed by atoms with E-state index in [2.05, 4.69) is 15.6 Å². The molecule has 0 radical (unpaired) electrons. The van der Waals surface area contributed by atoms with Crippen LogP contribution >= 0.6 is 0 Å². The molecule has 162 valence electrons. The quantitative estimate of drug-likeness (QED) is 0.435. The van der Waals surface area contributed by atoms with E-state index in [0.717, 1.165) is 36.4 Å². The lowest BCUT2D eigenvalue weighted by Gasteiger charge is -2.29. The predicted molar refractivity (Wildman–Crippen MR) is 100 cm³/mol. The zero-order valence-corrected chi connectivity index (χ0v) is 15.3. The van der Waals surface area contributed by atoms with Gasteiger partial charge in [0.25, 0.3) is 0 Å². The van der Waals surface area contributed by atoms with E-state index in [1.54, 1.807) is 0 Å². The van der Waals surface area contributed by atoms with Crippen LogP contribution in [-0.2, 0) is 17.1 Å². The fourth-order valence-corrected chi connectivity index (χ4v) is 3.15. The number of hydrogen-bond acceptors (Lipinski definition) is 4. The number of benzene rings is 2. The number of aliphatic hydroxyl groups is 1. The fraction of sp³-hybridized carbons (Fsp3) is 0.150. The van der Waals surface area contributed by atoms with Crippen molar-refractivity contribution in [1.29, 1.82) is 0 Å². The number of Topliss-reactive ketones (excluding diaryl/α,β-unsaturated/α-hetero) is 1. The van der Waals surface area contributed by atoms with E-state index in [9.17, 15) is 36.2 Å². The summed E-state index contributed by atoms with van der Waals surface area (Å²) in [6, 6.07) is 7.00. The monoisotopic (exact) mass is 441 g/mol. The third kappa shape index (κ3) is 3.83. The molecule has 1 aromatic heterocycles. The molecule has 4 rings (SSSR count). The predicted octanol–water partition coefficient (Wildman–Crippen LogP) is 4.88. The number of hydrogen-bond donors (Lipinski definition) is 4. The third-order valence-electron chi connectivity index (χ3n) is 4.80. The van der Waals surface area contributed by atoms with Gasteiger partial charge in [-0.2, -0.15) is 26.3 Å². The highest BCUT2D eigenvalue weighted by atomic mass is 19.4. The molecule has 0 saturated heterocycles. The molecule has 0 bridgehead atoms. The highest BCUT2D eigenvalue weighted by molar-refractivity contribution is 6.12. The molecule has 1 heterocycles. The highest BCUT2D eigenvalue weighted by Crippen LogP contribution is 2.36. The molecule has 4 N–H and O–H groups in total. The van der Waals surface area contributed by atoms with E-state index in [-0.39, 0.29) is 28.2 Å². The van der Waals surface area contributed by atoms with Crippen LogP contribution in [0, 0.1) is 0 Å². The van der Waals surface area contributed by atoms with Gasteiger partial charge in [0.15, 0.2) is 6.10 Å². The number of aromatic amines is 1. The minimum Gasteiger partial charge on any atom is -0.378 e. The summed E-state index contributed by atoms with van der Waals surface area (Å²) < 4.78 is 77.1. The Morgan fingerprint density at radius 2 is 1.48 bits per heavy atom. The Balaban J connectivity index is 1.63. The van der Waals surface area contributed by atoms with Crippen LogP contribution in [0.15, 0.2) is 60.1 Å². The first kappa shape index (κ1) is 20.8. The average Bonchev–Trinajstić information content (AvgIpc) is 3.11. The van der Waals surface area contributed by atoms with Gasteiger partial charge in [0, 0.05) is 22.8 Å². The van der Waals surface area contributed by atoms with Crippen molar-refractivity contribution in [2.75, 3.05) is 10.6 Å². The van der Waals surface area contributed by atoms with E-state index >= 15 is 0 Å². The number of aromatic nitrogens is 1. The smallest absolute Gasteiger partial charge is 0.378 e. The number of nitrogens with one attached hydrogen (secondary N) is 3. The summed E-state index contributed by atoms with van der Waals surface area (Å²) in [6.45, 7) is 0. The van der Waals surface area contributed by atoms with Crippen LogP contribution in [-0.4, -0.2) is 22.0 Å². The van der Waals surface area contributed by atoms with Crippen molar-refractivity contribution in [3.05, 3.63) is 71.2 Å². The van der Waals surface area contributed by atoms with E-state index in [1.165, 1.54) is 12.3 Å². The Bertz CT molecular complexity index is 1190. The SMILES string of the molecule is O=C1C(Nc2c[nH]c3ccc(C(F)(F)F)cc23)=C(Nc2ccc(C(F)(F)F)cc2)C1O. The number of ketones is 1. The number of H-pyrrole nitrogens is 1. The number of carbonyl (C=O) groups is 1. The molecule has 2 aromatic carbocycles. The number of carbonyl (C=O) groups excluding carboxylic acids is 1. The van der Waals surface area contributed by atoms with Gasteiger partial charge in [-0.1, -0.05) is 0 Å². The molecular formula is C20H13F6N3O2. The van der Waals surface area contributed by atoms with Crippen molar-refractivity contribution >= 4 is 28.1 Å². The summed E-state index contributed by atoms with van der Waals surface area (Å²) in [5.41, 5.74) is -1.11. The van der Waals surface area contributed by atoms with Crippen molar-refractivity contribution < 1.29 is 36.2 Å². The molecule has 0 aliphatic heterocycles. The molecule has 1 atom stereocenters. The summed E-state index contributed by atoms with van der Waals surface area (Å²) in [5, 5.41) is 15.5. The zero-order valence-electron chi connectivity index (χ0n) is 15.3. The van der Waals surface area contributed by atoms with Crippen molar-refractivity contribution in [1.82, 2.24) is 4.98 Å². The summed E-state index contributed by atoms with van der Waals surface area (Å²) >= 11 is 0. The Morgan fingerprint density at radius 1 is 0.871 bits per heavy atom. The van der Waals surface area contributed by atoms with Gasteiger partial charge in [0.2, 0.25) is 5.78 Å². The summed E-state index contributed by atoms with van der Waals surface area (Å²) in [6.07, 6.45) is -9.24. The summed E-state index contributed by atoms with van der Waals surface area (Å²) in [5.74, 6) is -0.712. The van der Waals surface area contributed by atoms with Crippen molar-refractivity contribution in [3.8, 4) is 0 Å². The number of anilines is 2. The molecule has 1 aliphatic carbocycles. The molecule has 0 spiro atoms. The van der Waals surface area contributed by atoms with Crippen LogP contribution in [0.5, 0.6) is 0 Å². The molecule has 0 amide bonds. The van der Waals surface area contributed by atoms with Gasteiger partial charge in [-0.25, -0.2) is 0 Å². The largest absolute Gasteiger partial charge is 0.416 e. The molecule has 31 heavy (non-hydrogen) atoms. The van der Waals surface area contributed by atoms with E-state index < -0.39 is 35.4 Å². The standard InChI is InChI=1S/C20H13F6N3O2/c21-19(22,23)9-1-4-11(5-2-9)28-15-16(18(31)17(15)30)29-14-8-27-13-6-3-10(7-12(13)14)20(24,25)26/h1-8,17,27-30H. The number of alkyl halides is 6. The Kier molecular flexibility index (Phi) is 4.73. The molecule has 5 nitrogen and oxygen atoms in total. The molecule has 0 saturated carbocycles.